The van der Waals surface area contributed by atoms with Gasteiger partial charge in [0.1, 0.15) is 16.0 Å². The lowest BCUT2D eigenvalue weighted by molar-refractivity contribution is -0.144. The maximum atomic E-state index is 13.5. The number of nitrogens with zero attached hydrogens (tertiary/aromatic N) is 4. The summed E-state index contributed by atoms with van der Waals surface area (Å²) in [6, 6.07) is 6.06. The summed E-state index contributed by atoms with van der Waals surface area (Å²) in [5.74, 6) is -1.79. The van der Waals surface area contributed by atoms with Crippen molar-refractivity contribution in [3.05, 3.63) is 52.8 Å². The van der Waals surface area contributed by atoms with E-state index in [1.54, 1.807) is 32.9 Å². The van der Waals surface area contributed by atoms with Crippen LogP contribution in [0.1, 0.15) is 32.3 Å². The fourth-order valence-corrected chi connectivity index (χ4v) is 3.10. The minimum Gasteiger partial charge on any atom is -0.444 e. The van der Waals surface area contributed by atoms with Crippen LogP contribution in [0.4, 0.5) is 35.2 Å². The fourth-order valence-electron chi connectivity index (χ4n) is 2.75. The van der Waals surface area contributed by atoms with E-state index in [0.717, 1.165) is 0 Å². The molecule has 3 heterocycles. The van der Waals surface area contributed by atoms with E-state index in [1.165, 1.54) is 24.5 Å². The first-order chi connectivity index (χ1) is 15.8. The van der Waals surface area contributed by atoms with E-state index in [-0.39, 0.29) is 18.1 Å². The molecule has 4 N–H and O–H groups in total. The van der Waals surface area contributed by atoms with Crippen molar-refractivity contribution >= 4 is 39.2 Å². The third-order valence-corrected chi connectivity index (χ3v) is 4.57. The zero-order chi connectivity index (χ0) is 25.1. The highest BCUT2D eigenvalue weighted by atomic mass is 79.9. The number of anilines is 3. The highest BCUT2D eigenvalue weighted by Crippen LogP contribution is 2.32. The molecule has 0 atom stereocenters. The molecule has 0 spiro atoms. The van der Waals surface area contributed by atoms with Crippen LogP contribution in [0.3, 0.4) is 0 Å². The van der Waals surface area contributed by atoms with E-state index < -0.39 is 23.7 Å². The fraction of sp³-hybridized carbons (Fsp3) is 0.286. The third-order valence-electron chi connectivity index (χ3n) is 4.13. The molecule has 0 fully saturated rings. The third kappa shape index (κ3) is 6.76. The number of nitrogens with one attached hydrogen (secondary N) is 2. The van der Waals surface area contributed by atoms with Crippen LogP contribution in [0.15, 0.2) is 41.3 Å². The standard InChI is InChI=1S/C21H21BrF3N7O2/c1-20(2,3)34-19(33)32-17-8-13(30-18(31-17)21(23,24)25)11-6-7-27-9-14(11)28-10-15-12(26)4-5-16(22)29-15/h4-9,28H,10,26H2,1-3H3,(H,30,31,32,33). The maximum absolute atomic E-state index is 13.5. The molecule has 0 unspecified atom stereocenters. The molecule has 0 aliphatic rings. The molecule has 3 rings (SSSR count). The first-order valence-electron chi connectivity index (χ1n) is 9.87. The number of nitrogen functional groups attached to an aromatic ring is 1. The predicted octanol–water partition coefficient (Wildman–Crippen LogP) is 5.26. The molecule has 1 amide bonds. The van der Waals surface area contributed by atoms with Crippen molar-refractivity contribution in [2.24, 2.45) is 0 Å². The van der Waals surface area contributed by atoms with Crippen molar-refractivity contribution in [3.63, 3.8) is 0 Å². The Bertz CT molecular complexity index is 1200. The van der Waals surface area contributed by atoms with Gasteiger partial charge in [-0.25, -0.2) is 19.7 Å². The van der Waals surface area contributed by atoms with Gasteiger partial charge in [0.05, 0.1) is 35.5 Å². The molecule has 0 aliphatic heterocycles. The molecule has 180 valence electrons. The zero-order valence-corrected chi connectivity index (χ0v) is 20.0. The second kappa shape index (κ2) is 9.79. The molecule has 3 aromatic heterocycles. The van der Waals surface area contributed by atoms with Crippen LogP contribution in [0, 0.1) is 0 Å². The van der Waals surface area contributed by atoms with Gasteiger partial charge in [-0.3, -0.25) is 10.3 Å². The van der Waals surface area contributed by atoms with Crippen molar-refractivity contribution in [2.75, 3.05) is 16.4 Å². The van der Waals surface area contributed by atoms with E-state index in [1.807, 2.05) is 0 Å². The van der Waals surface area contributed by atoms with E-state index in [4.69, 9.17) is 10.5 Å². The molecule has 0 aliphatic carbocycles. The van der Waals surface area contributed by atoms with Crippen LogP contribution in [0.2, 0.25) is 0 Å². The van der Waals surface area contributed by atoms with Crippen molar-refractivity contribution < 1.29 is 22.7 Å². The number of alkyl halides is 3. The molecule has 0 saturated heterocycles. The Labute approximate surface area is 201 Å². The lowest BCUT2D eigenvalue weighted by Crippen LogP contribution is -2.28. The summed E-state index contributed by atoms with van der Waals surface area (Å²) in [5.41, 5.74) is 6.63. The number of ether oxygens (including phenoxy) is 1. The van der Waals surface area contributed by atoms with E-state index in [2.05, 4.69) is 46.5 Å². The molecular formula is C21H21BrF3N7O2. The number of pyridine rings is 2. The van der Waals surface area contributed by atoms with E-state index in [9.17, 15) is 18.0 Å². The largest absolute Gasteiger partial charge is 0.451 e. The van der Waals surface area contributed by atoms with Crippen LogP contribution in [0.25, 0.3) is 11.3 Å². The maximum Gasteiger partial charge on any atom is 0.451 e. The second-order valence-corrected chi connectivity index (χ2v) is 8.84. The summed E-state index contributed by atoms with van der Waals surface area (Å²) in [6.45, 7) is 5.05. The molecule has 13 heteroatoms. The van der Waals surface area contributed by atoms with Crippen molar-refractivity contribution in [3.8, 4) is 11.3 Å². The molecule has 9 nitrogen and oxygen atoms in total. The van der Waals surface area contributed by atoms with Crippen molar-refractivity contribution in [1.29, 1.82) is 0 Å². The lowest BCUT2D eigenvalue weighted by Gasteiger charge is -2.20. The molecule has 0 radical (unpaired) electrons. The Kier molecular flexibility index (Phi) is 7.24. The number of hydrogen-bond donors (Lipinski definition) is 3. The summed E-state index contributed by atoms with van der Waals surface area (Å²) < 4.78 is 46.2. The average Bonchev–Trinajstić information content (AvgIpc) is 2.72. The van der Waals surface area contributed by atoms with Gasteiger partial charge in [0.25, 0.3) is 0 Å². The number of nitrogens with two attached hydrogens (primary N) is 1. The van der Waals surface area contributed by atoms with Gasteiger partial charge < -0.3 is 15.8 Å². The molecule has 0 aromatic carbocycles. The molecular weight excluding hydrogens is 519 g/mol. The van der Waals surface area contributed by atoms with Gasteiger partial charge in [0.15, 0.2) is 0 Å². The van der Waals surface area contributed by atoms with E-state index >= 15 is 0 Å². The van der Waals surface area contributed by atoms with Gasteiger partial charge >= 0.3 is 12.3 Å². The molecule has 3 aromatic rings. The number of amides is 1. The normalized spacial score (nSPS) is 11.7. The van der Waals surface area contributed by atoms with Crippen molar-refractivity contribution in [2.45, 2.75) is 39.1 Å². The molecule has 0 saturated carbocycles. The summed E-state index contributed by atoms with van der Waals surface area (Å²) in [5, 5.41) is 5.30. The highest BCUT2D eigenvalue weighted by molar-refractivity contribution is 9.10. The Balaban J connectivity index is 1.97. The summed E-state index contributed by atoms with van der Waals surface area (Å²) >= 11 is 3.27. The number of rotatable bonds is 5. The average molecular weight is 540 g/mol. The Morgan fingerprint density at radius 1 is 1.15 bits per heavy atom. The van der Waals surface area contributed by atoms with Crippen LogP contribution >= 0.6 is 15.9 Å². The number of halogens is 4. The molecule has 34 heavy (non-hydrogen) atoms. The minimum atomic E-state index is -4.85. The lowest BCUT2D eigenvalue weighted by atomic mass is 10.1. The number of carbonyl (C=O) groups is 1. The monoisotopic (exact) mass is 539 g/mol. The van der Waals surface area contributed by atoms with Crippen LogP contribution in [-0.2, 0) is 17.5 Å². The second-order valence-electron chi connectivity index (χ2n) is 8.03. The highest BCUT2D eigenvalue weighted by Gasteiger charge is 2.36. The topological polar surface area (TPSA) is 128 Å². The van der Waals surface area contributed by atoms with E-state index in [0.29, 0.717) is 27.2 Å². The number of carbonyl (C=O) groups excluding carboxylic acids is 1. The van der Waals surface area contributed by atoms with Crippen molar-refractivity contribution in [1.82, 2.24) is 19.9 Å². The van der Waals surface area contributed by atoms with Crippen LogP contribution < -0.4 is 16.4 Å². The summed E-state index contributed by atoms with van der Waals surface area (Å²) in [6.07, 6.45) is -2.97. The van der Waals surface area contributed by atoms with Gasteiger partial charge in [0.2, 0.25) is 5.82 Å². The number of hydrogen-bond acceptors (Lipinski definition) is 8. The Morgan fingerprint density at radius 2 is 1.88 bits per heavy atom. The Morgan fingerprint density at radius 3 is 2.56 bits per heavy atom. The van der Waals surface area contributed by atoms with Gasteiger partial charge in [-0.1, -0.05) is 0 Å². The quantitative estimate of drug-likeness (QED) is 0.374. The van der Waals surface area contributed by atoms with Gasteiger partial charge in [-0.05, 0) is 54.9 Å². The van der Waals surface area contributed by atoms with Crippen LogP contribution in [-0.4, -0.2) is 31.6 Å². The first-order valence-corrected chi connectivity index (χ1v) is 10.7. The van der Waals surface area contributed by atoms with Crippen LogP contribution in [0.5, 0.6) is 0 Å². The number of aromatic nitrogens is 4. The smallest absolute Gasteiger partial charge is 0.444 e. The summed E-state index contributed by atoms with van der Waals surface area (Å²) in [7, 11) is 0. The zero-order valence-electron chi connectivity index (χ0n) is 18.4. The van der Waals surface area contributed by atoms with Gasteiger partial charge in [0, 0.05) is 17.8 Å². The van der Waals surface area contributed by atoms with Gasteiger partial charge in [-0.2, -0.15) is 13.2 Å². The predicted molar refractivity (Wildman–Crippen MR) is 124 cm³/mol. The van der Waals surface area contributed by atoms with Gasteiger partial charge in [-0.15, -0.1) is 0 Å². The first kappa shape index (κ1) is 25.1. The molecule has 0 bridgehead atoms. The summed E-state index contributed by atoms with van der Waals surface area (Å²) in [4.78, 5) is 27.5. The Hall–Kier alpha value is -3.48. The SMILES string of the molecule is CC(C)(C)OC(=O)Nc1cc(-c2ccncc2NCc2nc(Br)ccc2N)nc(C(F)(F)F)n1. The minimum absolute atomic E-state index is 0.0894.